The summed E-state index contributed by atoms with van der Waals surface area (Å²) < 4.78 is 6.53. The highest BCUT2D eigenvalue weighted by Crippen LogP contribution is 2.34. The molecule has 1 fully saturated rings. The molecule has 10 heteroatoms. The van der Waals surface area contributed by atoms with Gasteiger partial charge in [-0.1, -0.05) is 53.5 Å². The number of rotatable bonds is 7. The largest absolute Gasteiger partial charge is 0.488 e. The van der Waals surface area contributed by atoms with E-state index in [-0.39, 0.29) is 4.91 Å². The van der Waals surface area contributed by atoms with Crippen LogP contribution in [0.2, 0.25) is 10.0 Å². The molecule has 0 saturated carbocycles. The Kier molecular flexibility index (Phi) is 8.41. The van der Waals surface area contributed by atoms with Crippen LogP contribution < -0.4 is 10.1 Å². The molecular weight excluding hydrogens is 587 g/mol. The van der Waals surface area contributed by atoms with Gasteiger partial charge in [0.25, 0.3) is 11.1 Å². The van der Waals surface area contributed by atoms with E-state index in [9.17, 15) is 14.4 Å². The van der Waals surface area contributed by atoms with Crippen LogP contribution in [0.5, 0.6) is 5.75 Å². The number of imide groups is 1. The van der Waals surface area contributed by atoms with Gasteiger partial charge < -0.3 is 10.1 Å². The van der Waals surface area contributed by atoms with Gasteiger partial charge in [-0.05, 0) is 82.2 Å². The van der Waals surface area contributed by atoms with Crippen molar-refractivity contribution in [2.75, 3.05) is 11.9 Å². The second kappa shape index (κ2) is 11.5. The zero-order valence-electron chi connectivity index (χ0n) is 18.9. The third-order valence-electron chi connectivity index (χ3n) is 5.24. The molecule has 184 valence electrons. The third kappa shape index (κ3) is 6.31. The highest BCUT2D eigenvalue weighted by molar-refractivity contribution is 9.10. The number of carbonyl (C=O) groups is 3. The summed E-state index contributed by atoms with van der Waals surface area (Å²) >= 11 is 16.4. The maximum Gasteiger partial charge on any atom is 0.294 e. The normalized spacial score (nSPS) is 14.4. The van der Waals surface area contributed by atoms with Gasteiger partial charge >= 0.3 is 0 Å². The summed E-state index contributed by atoms with van der Waals surface area (Å²) in [4.78, 5) is 38.9. The van der Waals surface area contributed by atoms with Crippen molar-refractivity contribution in [1.82, 2.24) is 4.90 Å². The van der Waals surface area contributed by atoms with Crippen molar-refractivity contribution in [2.45, 2.75) is 13.5 Å². The summed E-state index contributed by atoms with van der Waals surface area (Å²) in [6, 6.07) is 17.8. The van der Waals surface area contributed by atoms with E-state index in [0.29, 0.717) is 38.1 Å². The number of anilines is 1. The Morgan fingerprint density at radius 2 is 1.89 bits per heavy atom. The number of thioether (sulfide) groups is 1. The molecule has 1 aliphatic heterocycles. The molecule has 1 aliphatic rings. The van der Waals surface area contributed by atoms with E-state index >= 15 is 0 Å². The number of ether oxygens (including phenoxy) is 1. The van der Waals surface area contributed by atoms with E-state index in [2.05, 4.69) is 21.2 Å². The van der Waals surface area contributed by atoms with Crippen molar-refractivity contribution in [3.63, 3.8) is 0 Å². The highest BCUT2D eigenvalue weighted by atomic mass is 79.9. The molecule has 0 bridgehead atoms. The van der Waals surface area contributed by atoms with Crippen molar-refractivity contribution >= 4 is 79.7 Å². The second-order valence-electron chi connectivity index (χ2n) is 7.85. The molecule has 1 saturated heterocycles. The number of carbonyl (C=O) groups excluding carboxylic acids is 3. The monoisotopic (exact) mass is 604 g/mol. The first kappa shape index (κ1) is 26.3. The molecule has 0 unspecified atom stereocenters. The maximum atomic E-state index is 12.8. The predicted octanol–water partition coefficient (Wildman–Crippen LogP) is 7.32. The van der Waals surface area contributed by atoms with Crippen molar-refractivity contribution in [1.29, 1.82) is 0 Å². The van der Waals surface area contributed by atoms with Gasteiger partial charge in [-0.25, -0.2) is 0 Å². The standard InChI is InChI=1S/C26H19BrCl2N2O4S/c1-15-6-8-18(28)12-21(15)30-24(32)13-31-25(33)23(36-26(31)34)11-16-7-9-22(19(27)10-16)35-14-17-4-2-3-5-20(17)29/h2-12H,13-14H2,1H3,(H,30,32)/b23-11+. The molecular formula is C26H19BrCl2N2O4S. The number of nitrogens with one attached hydrogen (secondary N) is 1. The summed E-state index contributed by atoms with van der Waals surface area (Å²) in [6.07, 6.45) is 1.60. The Morgan fingerprint density at radius 3 is 2.64 bits per heavy atom. The number of amides is 3. The van der Waals surface area contributed by atoms with Gasteiger partial charge in [0.15, 0.2) is 0 Å². The molecule has 0 aliphatic carbocycles. The average molecular weight is 606 g/mol. The minimum atomic E-state index is -0.530. The number of hydrogen-bond acceptors (Lipinski definition) is 5. The minimum absolute atomic E-state index is 0.225. The van der Waals surface area contributed by atoms with Gasteiger partial charge in [0.05, 0.1) is 9.38 Å². The van der Waals surface area contributed by atoms with E-state index in [1.165, 1.54) is 0 Å². The zero-order chi connectivity index (χ0) is 25.8. The molecule has 4 rings (SSSR count). The summed E-state index contributed by atoms with van der Waals surface area (Å²) in [5.41, 5.74) is 2.89. The summed E-state index contributed by atoms with van der Waals surface area (Å²) in [5, 5.41) is 3.28. The molecule has 3 aromatic carbocycles. The predicted molar refractivity (Wildman–Crippen MR) is 147 cm³/mol. The first-order valence-electron chi connectivity index (χ1n) is 10.7. The fraction of sp³-hybridized carbons (Fsp3) is 0.115. The summed E-state index contributed by atoms with van der Waals surface area (Å²) in [5.74, 6) is -0.419. The fourth-order valence-corrected chi connectivity index (χ4v) is 5.06. The van der Waals surface area contributed by atoms with Gasteiger partial charge in [-0.3, -0.25) is 19.3 Å². The Balaban J connectivity index is 1.41. The lowest BCUT2D eigenvalue weighted by atomic mass is 10.2. The van der Waals surface area contributed by atoms with Crippen LogP contribution in [0.4, 0.5) is 10.5 Å². The Hall–Kier alpha value is -2.78. The lowest BCUT2D eigenvalue weighted by molar-refractivity contribution is -0.127. The number of aryl methyl sites for hydroxylation is 1. The van der Waals surface area contributed by atoms with Crippen LogP contribution >= 0.6 is 50.9 Å². The van der Waals surface area contributed by atoms with Gasteiger partial charge in [0.1, 0.15) is 18.9 Å². The van der Waals surface area contributed by atoms with Gasteiger partial charge in [-0.15, -0.1) is 0 Å². The molecule has 0 atom stereocenters. The molecule has 3 amide bonds. The van der Waals surface area contributed by atoms with E-state index in [1.807, 2.05) is 25.1 Å². The van der Waals surface area contributed by atoms with Crippen LogP contribution in [0.15, 0.2) is 70.0 Å². The molecule has 0 aromatic heterocycles. The quantitative estimate of drug-likeness (QED) is 0.286. The van der Waals surface area contributed by atoms with E-state index < -0.39 is 23.6 Å². The van der Waals surface area contributed by atoms with E-state index in [0.717, 1.165) is 27.8 Å². The molecule has 0 radical (unpaired) electrons. The lowest BCUT2D eigenvalue weighted by Crippen LogP contribution is -2.36. The SMILES string of the molecule is Cc1ccc(Cl)cc1NC(=O)CN1C(=O)S/C(=C/c2ccc(OCc3ccccc3Cl)c(Br)c2)C1=O. The first-order chi connectivity index (χ1) is 17.2. The molecule has 36 heavy (non-hydrogen) atoms. The number of benzene rings is 3. The highest BCUT2D eigenvalue weighted by Gasteiger charge is 2.36. The molecule has 3 aromatic rings. The molecule has 1 heterocycles. The minimum Gasteiger partial charge on any atom is -0.488 e. The van der Waals surface area contributed by atoms with Crippen LogP contribution in [-0.2, 0) is 16.2 Å². The lowest BCUT2D eigenvalue weighted by Gasteiger charge is -2.13. The average Bonchev–Trinajstić information content (AvgIpc) is 3.09. The van der Waals surface area contributed by atoms with Crippen molar-refractivity contribution in [2.24, 2.45) is 0 Å². The van der Waals surface area contributed by atoms with Gasteiger partial charge in [-0.2, -0.15) is 0 Å². The van der Waals surface area contributed by atoms with Crippen molar-refractivity contribution in [3.05, 3.63) is 96.8 Å². The van der Waals surface area contributed by atoms with Crippen LogP contribution in [-0.4, -0.2) is 28.5 Å². The Bertz CT molecular complexity index is 1400. The molecule has 0 spiro atoms. The second-order valence-corrected chi connectivity index (χ2v) is 10.5. The maximum absolute atomic E-state index is 12.8. The van der Waals surface area contributed by atoms with Crippen molar-refractivity contribution < 1.29 is 19.1 Å². The third-order valence-corrected chi connectivity index (χ3v) is 7.37. The van der Waals surface area contributed by atoms with Crippen LogP contribution in [0, 0.1) is 6.92 Å². The van der Waals surface area contributed by atoms with Crippen LogP contribution in [0.25, 0.3) is 6.08 Å². The van der Waals surface area contributed by atoms with Crippen LogP contribution in [0.3, 0.4) is 0 Å². The molecule has 1 N–H and O–H groups in total. The first-order valence-corrected chi connectivity index (χ1v) is 13.0. The van der Waals surface area contributed by atoms with E-state index in [1.54, 1.807) is 48.5 Å². The number of nitrogens with zero attached hydrogens (tertiary/aromatic N) is 1. The fourth-order valence-electron chi connectivity index (χ4n) is 3.34. The Morgan fingerprint density at radius 1 is 1.11 bits per heavy atom. The smallest absolute Gasteiger partial charge is 0.294 e. The van der Waals surface area contributed by atoms with Gasteiger partial charge in [0.2, 0.25) is 5.91 Å². The summed E-state index contributed by atoms with van der Waals surface area (Å²) in [7, 11) is 0. The Labute approximate surface area is 230 Å². The number of halogens is 3. The van der Waals surface area contributed by atoms with Crippen LogP contribution in [0.1, 0.15) is 16.7 Å². The zero-order valence-corrected chi connectivity index (χ0v) is 22.8. The van der Waals surface area contributed by atoms with Crippen molar-refractivity contribution in [3.8, 4) is 5.75 Å². The number of hydrogen-bond donors (Lipinski definition) is 1. The van der Waals surface area contributed by atoms with E-state index in [4.69, 9.17) is 27.9 Å². The topological polar surface area (TPSA) is 75.7 Å². The van der Waals surface area contributed by atoms with Gasteiger partial charge in [0, 0.05) is 21.3 Å². The summed E-state index contributed by atoms with van der Waals surface area (Å²) in [6.45, 7) is 1.72. The molecule has 6 nitrogen and oxygen atoms in total.